The molecule has 0 unspecified atom stereocenters. The van der Waals surface area contributed by atoms with Crippen molar-refractivity contribution in [1.29, 1.82) is 0 Å². The zero-order chi connectivity index (χ0) is 22.8. The maximum Gasteiger partial charge on any atom is 0.261 e. The van der Waals surface area contributed by atoms with E-state index >= 15 is 0 Å². The fourth-order valence-electron chi connectivity index (χ4n) is 3.60. The summed E-state index contributed by atoms with van der Waals surface area (Å²) in [5.41, 5.74) is 2.19. The highest BCUT2D eigenvalue weighted by Crippen LogP contribution is 2.35. The number of halogens is 1. The average Bonchev–Trinajstić information content (AvgIpc) is 3.05. The molecule has 3 aromatic carbocycles. The SMILES string of the molecule is COc1cc(C(=O)Nc2ccccc2I)cc(CN2C(=O)c3ccccc3C2=O)c1OC. The van der Waals surface area contributed by atoms with Crippen LogP contribution in [0.3, 0.4) is 0 Å². The fourth-order valence-corrected chi connectivity index (χ4v) is 4.12. The Morgan fingerprint density at radius 3 is 2.16 bits per heavy atom. The van der Waals surface area contributed by atoms with Crippen molar-refractivity contribution in [2.24, 2.45) is 0 Å². The number of carbonyl (C=O) groups is 3. The van der Waals surface area contributed by atoms with E-state index in [4.69, 9.17) is 9.47 Å². The van der Waals surface area contributed by atoms with Gasteiger partial charge in [0.05, 0.1) is 37.6 Å². The minimum atomic E-state index is -0.389. The van der Waals surface area contributed by atoms with Crippen molar-refractivity contribution in [3.05, 3.63) is 86.5 Å². The Kier molecular flexibility index (Phi) is 6.13. The molecule has 0 spiro atoms. The predicted octanol–water partition coefficient (Wildman–Crippen LogP) is 4.36. The Labute approximate surface area is 198 Å². The lowest BCUT2D eigenvalue weighted by Gasteiger charge is -2.19. The van der Waals surface area contributed by atoms with Crippen LogP contribution in [0.5, 0.6) is 11.5 Å². The summed E-state index contributed by atoms with van der Waals surface area (Å²) < 4.78 is 11.8. The zero-order valence-electron chi connectivity index (χ0n) is 17.3. The van der Waals surface area contributed by atoms with Crippen LogP contribution in [0.15, 0.2) is 60.7 Å². The molecule has 1 aliphatic rings. The van der Waals surface area contributed by atoms with Crippen LogP contribution in [0.1, 0.15) is 36.6 Å². The van der Waals surface area contributed by atoms with Gasteiger partial charge in [-0.25, -0.2) is 0 Å². The predicted molar refractivity (Wildman–Crippen MR) is 127 cm³/mol. The summed E-state index contributed by atoms with van der Waals surface area (Å²) in [6, 6.07) is 17.3. The van der Waals surface area contributed by atoms with Crippen LogP contribution in [-0.4, -0.2) is 36.8 Å². The van der Waals surface area contributed by atoms with Gasteiger partial charge in [-0.2, -0.15) is 0 Å². The van der Waals surface area contributed by atoms with Crippen molar-refractivity contribution in [1.82, 2.24) is 4.90 Å². The van der Waals surface area contributed by atoms with Crippen molar-refractivity contribution in [3.8, 4) is 11.5 Å². The number of fused-ring (bicyclic) bond motifs is 1. The van der Waals surface area contributed by atoms with Crippen molar-refractivity contribution < 1.29 is 23.9 Å². The number of methoxy groups -OCH3 is 2. The van der Waals surface area contributed by atoms with E-state index in [1.807, 2.05) is 18.2 Å². The first-order chi connectivity index (χ1) is 15.4. The van der Waals surface area contributed by atoms with Crippen LogP contribution in [-0.2, 0) is 6.54 Å². The normalized spacial score (nSPS) is 12.5. The molecule has 0 radical (unpaired) electrons. The number of para-hydroxylation sites is 1. The number of ether oxygens (including phenoxy) is 2. The summed E-state index contributed by atoms with van der Waals surface area (Å²) >= 11 is 2.14. The molecule has 0 saturated heterocycles. The standard InChI is InChI=1S/C24H19IN2O5/c1-31-20-12-14(22(28)26-19-10-6-5-9-18(19)25)11-15(21(20)32-2)13-27-23(29)16-7-3-4-8-17(16)24(27)30/h3-12H,13H2,1-2H3,(H,26,28). The van der Waals surface area contributed by atoms with E-state index in [-0.39, 0.29) is 24.3 Å². The van der Waals surface area contributed by atoms with Crippen molar-refractivity contribution in [2.45, 2.75) is 6.54 Å². The number of carbonyl (C=O) groups excluding carboxylic acids is 3. The molecule has 0 bridgehead atoms. The first-order valence-corrected chi connectivity index (χ1v) is 10.8. The molecule has 0 atom stereocenters. The number of anilines is 1. The molecule has 0 aliphatic carbocycles. The Morgan fingerprint density at radius 1 is 0.938 bits per heavy atom. The molecular weight excluding hydrogens is 523 g/mol. The third-order valence-corrected chi connectivity index (χ3v) is 6.09. The van der Waals surface area contributed by atoms with E-state index in [1.165, 1.54) is 14.2 Å². The van der Waals surface area contributed by atoms with Gasteiger partial charge in [0.15, 0.2) is 11.5 Å². The maximum atomic E-state index is 13.0. The van der Waals surface area contributed by atoms with Crippen molar-refractivity contribution in [3.63, 3.8) is 0 Å². The van der Waals surface area contributed by atoms with E-state index in [0.29, 0.717) is 39.4 Å². The van der Waals surface area contributed by atoms with Gasteiger partial charge in [-0.3, -0.25) is 19.3 Å². The monoisotopic (exact) mass is 542 g/mol. The highest BCUT2D eigenvalue weighted by atomic mass is 127. The lowest BCUT2D eigenvalue weighted by molar-refractivity contribution is 0.0641. The second-order valence-electron chi connectivity index (χ2n) is 7.05. The number of hydrogen-bond acceptors (Lipinski definition) is 5. The molecule has 0 fully saturated rings. The first-order valence-electron chi connectivity index (χ1n) is 9.70. The smallest absolute Gasteiger partial charge is 0.261 e. The van der Waals surface area contributed by atoms with Gasteiger partial charge in [0, 0.05) is 14.7 Å². The topological polar surface area (TPSA) is 84.9 Å². The summed E-state index contributed by atoms with van der Waals surface area (Å²) in [7, 11) is 2.93. The number of amides is 3. The number of rotatable bonds is 6. The molecule has 1 heterocycles. The van der Waals surface area contributed by atoms with Gasteiger partial charge in [0.25, 0.3) is 17.7 Å². The second-order valence-corrected chi connectivity index (χ2v) is 8.21. The quantitative estimate of drug-likeness (QED) is 0.370. The van der Waals surface area contributed by atoms with Gasteiger partial charge < -0.3 is 14.8 Å². The number of hydrogen-bond donors (Lipinski definition) is 1. The molecule has 32 heavy (non-hydrogen) atoms. The van der Waals surface area contributed by atoms with E-state index in [2.05, 4.69) is 27.9 Å². The molecule has 162 valence electrons. The van der Waals surface area contributed by atoms with Crippen LogP contribution in [0.4, 0.5) is 5.69 Å². The van der Waals surface area contributed by atoms with E-state index in [0.717, 1.165) is 8.47 Å². The van der Waals surface area contributed by atoms with Gasteiger partial charge in [0.2, 0.25) is 0 Å². The highest BCUT2D eigenvalue weighted by Gasteiger charge is 2.36. The number of imide groups is 1. The van der Waals surface area contributed by atoms with Crippen LogP contribution in [0.2, 0.25) is 0 Å². The largest absolute Gasteiger partial charge is 0.493 e. The van der Waals surface area contributed by atoms with Crippen LogP contribution in [0.25, 0.3) is 0 Å². The Morgan fingerprint density at radius 2 is 1.56 bits per heavy atom. The molecule has 7 nitrogen and oxygen atoms in total. The number of nitrogens with zero attached hydrogens (tertiary/aromatic N) is 1. The van der Waals surface area contributed by atoms with Crippen LogP contribution >= 0.6 is 22.6 Å². The molecule has 4 rings (SSSR count). The first kappa shape index (κ1) is 21.8. The minimum Gasteiger partial charge on any atom is -0.493 e. The van der Waals surface area contributed by atoms with E-state index in [1.54, 1.807) is 42.5 Å². The molecule has 0 saturated carbocycles. The molecular formula is C24H19IN2O5. The van der Waals surface area contributed by atoms with Crippen molar-refractivity contribution in [2.75, 3.05) is 19.5 Å². The fraction of sp³-hybridized carbons (Fsp3) is 0.125. The summed E-state index contributed by atoms with van der Waals surface area (Å²) in [6.07, 6.45) is 0. The van der Waals surface area contributed by atoms with Crippen LogP contribution < -0.4 is 14.8 Å². The van der Waals surface area contributed by atoms with Gasteiger partial charge in [0.1, 0.15) is 0 Å². The Hall–Kier alpha value is -3.40. The molecule has 0 aromatic heterocycles. The lowest BCUT2D eigenvalue weighted by atomic mass is 10.1. The van der Waals surface area contributed by atoms with Crippen LogP contribution in [0, 0.1) is 3.57 Å². The summed E-state index contributed by atoms with van der Waals surface area (Å²) in [5.74, 6) is -0.441. The van der Waals surface area contributed by atoms with Gasteiger partial charge >= 0.3 is 0 Å². The second kappa shape index (κ2) is 8.99. The average molecular weight is 542 g/mol. The third kappa shape index (κ3) is 3.93. The summed E-state index contributed by atoms with van der Waals surface area (Å²) in [4.78, 5) is 39.7. The zero-order valence-corrected chi connectivity index (χ0v) is 19.5. The molecule has 1 N–H and O–H groups in total. The Bertz CT molecular complexity index is 1210. The number of nitrogens with one attached hydrogen (secondary N) is 1. The van der Waals surface area contributed by atoms with Gasteiger partial charge in [-0.1, -0.05) is 24.3 Å². The third-order valence-electron chi connectivity index (χ3n) is 5.15. The summed E-state index contributed by atoms with van der Waals surface area (Å²) in [5, 5.41) is 2.88. The lowest BCUT2D eigenvalue weighted by Crippen LogP contribution is -2.29. The molecule has 3 amide bonds. The highest BCUT2D eigenvalue weighted by molar-refractivity contribution is 14.1. The number of benzene rings is 3. The molecule has 3 aromatic rings. The van der Waals surface area contributed by atoms with E-state index < -0.39 is 0 Å². The minimum absolute atomic E-state index is 0.0597. The van der Waals surface area contributed by atoms with E-state index in [9.17, 15) is 14.4 Å². The van der Waals surface area contributed by atoms with Gasteiger partial charge in [-0.05, 0) is 59.0 Å². The van der Waals surface area contributed by atoms with Gasteiger partial charge in [-0.15, -0.1) is 0 Å². The maximum absolute atomic E-state index is 13.0. The molecule has 1 aliphatic heterocycles. The summed E-state index contributed by atoms with van der Waals surface area (Å²) in [6.45, 7) is -0.0597. The van der Waals surface area contributed by atoms with Crippen molar-refractivity contribution >= 4 is 46.0 Å². The Balaban J connectivity index is 1.69. The molecule has 8 heteroatoms.